The van der Waals surface area contributed by atoms with Crippen LogP contribution >= 0.6 is 0 Å². The van der Waals surface area contributed by atoms with Gasteiger partial charge >= 0.3 is 51.4 Å². The summed E-state index contributed by atoms with van der Waals surface area (Å²) in [6.45, 7) is 2.05. The minimum Gasteiger partial charge on any atom is -0.862 e. The van der Waals surface area contributed by atoms with E-state index in [4.69, 9.17) is 4.55 Å². The summed E-state index contributed by atoms with van der Waals surface area (Å²) >= 11 is 0. The van der Waals surface area contributed by atoms with Crippen LogP contribution in [0.4, 0.5) is 0 Å². The summed E-state index contributed by atoms with van der Waals surface area (Å²) in [7, 11) is -4.01. The average molecular weight is 332 g/mol. The number of unbranched alkanes of at least 4 members (excludes halogenated alkanes) is 7. The molecular formula is C13H26KNO4S. The van der Waals surface area contributed by atoms with Crippen LogP contribution in [0, 0.1) is 0 Å². The van der Waals surface area contributed by atoms with E-state index in [2.05, 4.69) is 11.9 Å². The zero-order valence-corrected chi connectivity index (χ0v) is 16.7. The van der Waals surface area contributed by atoms with Gasteiger partial charge in [0, 0.05) is 0 Å². The molecule has 0 aliphatic rings. The normalized spacial score (nSPS) is 12.2. The van der Waals surface area contributed by atoms with Crippen molar-refractivity contribution in [3.05, 3.63) is 0 Å². The fraction of sp³-hybridized carbons (Fsp3) is 0.923. The van der Waals surface area contributed by atoms with Crippen molar-refractivity contribution in [3.8, 4) is 0 Å². The third kappa shape index (κ3) is 19.0. The van der Waals surface area contributed by atoms with Gasteiger partial charge in [-0.1, -0.05) is 51.9 Å². The third-order valence-corrected chi connectivity index (χ3v) is 3.58. The molecule has 0 spiro atoms. The van der Waals surface area contributed by atoms with E-state index in [9.17, 15) is 13.5 Å². The van der Waals surface area contributed by atoms with Crippen molar-refractivity contribution in [1.82, 2.24) is 0 Å². The molecule has 20 heavy (non-hydrogen) atoms. The smallest absolute Gasteiger partial charge is 0.862 e. The molecule has 0 aliphatic carbocycles. The standard InChI is InChI=1S/C13H27NO4S.K/c1-2-3-4-5-6-7-8-9-10-13(15)14-11-12-19(16,17)18;/h2-12H2,1H3,(H,14,15)(H,16,17,18);/q;+1/p-1. The van der Waals surface area contributed by atoms with Crippen molar-refractivity contribution in [2.75, 3.05) is 12.3 Å². The molecule has 0 atom stereocenters. The molecule has 0 saturated heterocycles. The van der Waals surface area contributed by atoms with Crippen LogP contribution in [0.2, 0.25) is 0 Å². The summed E-state index contributed by atoms with van der Waals surface area (Å²) in [5.41, 5.74) is 0. The Balaban J connectivity index is 0. The van der Waals surface area contributed by atoms with Crippen LogP contribution in [-0.2, 0) is 10.1 Å². The van der Waals surface area contributed by atoms with E-state index in [-0.39, 0.29) is 63.8 Å². The summed E-state index contributed by atoms with van der Waals surface area (Å²) in [5.74, 6) is -0.745. The van der Waals surface area contributed by atoms with Gasteiger partial charge in [0.25, 0.3) is 10.1 Å². The molecule has 0 fully saturated rings. The molecular weight excluding hydrogens is 305 g/mol. The Morgan fingerprint density at radius 1 is 1.05 bits per heavy atom. The monoisotopic (exact) mass is 331 g/mol. The number of aliphatic imine (C=N–C) groups is 1. The largest absolute Gasteiger partial charge is 1.00 e. The van der Waals surface area contributed by atoms with E-state index in [1.807, 2.05) is 0 Å². The van der Waals surface area contributed by atoms with Gasteiger partial charge in [-0.15, -0.1) is 0 Å². The zero-order chi connectivity index (χ0) is 14.6. The first-order valence-corrected chi connectivity index (χ1v) is 8.72. The van der Waals surface area contributed by atoms with Crippen molar-refractivity contribution in [3.63, 3.8) is 0 Å². The minimum atomic E-state index is -4.01. The third-order valence-electron chi connectivity index (χ3n) is 2.88. The molecule has 0 aliphatic heterocycles. The Hall–Kier alpha value is 1.02. The Morgan fingerprint density at radius 2 is 1.55 bits per heavy atom. The molecule has 0 radical (unpaired) electrons. The van der Waals surface area contributed by atoms with E-state index in [1.54, 1.807) is 0 Å². The number of nitrogens with zero attached hydrogens (tertiary/aromatic N) is 1. The molecule has 0 bridgehead atoms. The van der Waals surface area contributed by atoms with Crippen molar-refractivity contribution in [2.45, 2.75) is 64.7 Å². The predicted octanol–water partition coefficient (Wildman–Crippen LogP) is -0.832. The number of hydrogen-bond donors (Lipinski definition) is 1. The van der Waals surface area contributed by atoms with Gasteiger partial charge in [0.1, 0.15) is 0 Å². The van der Waals surface area contributed by atoms with Gasteiger partial charge in [0.05, 0.1) is 12.3 Å². The maximum Gasteiger partial charge on any atom is 1.00 e. The first kappa shape index (κ1) is 23.3. The van der Waals surface area contributed by atoms with E-state index < -0.39 is 15.9 Å². The van der Waals surface area contributed by atoms with Gasteiger partial charge in [-0.25, -0.2) is 0 Å². The van der Waals surface area contributed by atoms with Gasteiger partial charge < -0.3 is 10.1 Å². The summed E-state index contributed by atoms with van der Waals surface area (Å²) in [5, 5.41) is 11.3. The van der Waals surface area contributed by atoms with E-state index in [0.29, 0.717) is 6.42 Å². The quantitative estimate of drug-likeness (QED) is 0.166. The molecule has 0 rings (SSSR count). The van der Waals surface area contributed by atoms with E-state index >= 15 is 0 Å². The molecule has 1 N–H and O–H groups in total. The second-order valence-electron chi connectivity index (χ2n) is 4.79. The molecule has 5 nitrogen and oxygen atoms in total. The SMILES string of the molecule is CCCCCCCCCCC([O-])=NCCS(=O)(=O)O.[K+]. The molecule has 0 heterocycles. The van der Waals surface area contributed by atoms with Crippen molar-refractivity contribution in [2.24, 2.45) is 4.99 Å². The van der Waals surface area contributed by atoms with Crippen LogP contribution in [0.5, 0.6) is 0 Å². The number of rotatable bonds is 12. The summed E-state index contributed by atoms with van der Waals surface area (Å²) in [4.78, 5) is 3.59. The van der Waals surface area contributed by atoms with Gasteiger partial charge in [-0.2, -0.15) is 8.42 Å². The van der Waals surface area contributed by atoms with E-state index in [1.165, 1.54) is 32.1 Å². The van der Waals surface area contributed by atoms with E-state index in [0.717, 1.165) is 19.3 Å². The maximum atomic E-state index is 11.3. The number of hydrogen-bond acceptors (Lipinski definition) is 4. The van der Waals surface area contributed by atoms with Crippen molar-refractivity contribution >= 4 is 16.0 Å². The van der Waals surface area contributed by atoms with Crippen LogP contribution in [0.15, 0.2) is 4.99 Å². The fourth-order valence-corrected chi connectivity index (χ4v) is 2.10. The molecule has 0 aromatic heterocycles. The summed E-state index contributed by atoms with van der Waals surface area (Å²) < 4.78 is 29.3. The van der Waals surface area contributed by atoms with Gasteiger partial charge in [-0.05, 0) is 18.7 Å². The molecule has 7 heteroatoms. The second kappa shape index (κ2) is 14.9. The predicted molar refractivity (Wildman–Crippen MR) is 75.9 cm³/mol. The first-order valence-electron chi connectivity index (χ1n) is 7.11. The Morgan fingerprint density at radius 3 is 2.05 bits per heavy atom. The Kier molecular flexibility index (Phi) is 17.4. The topological polar surface area (TPSA) is 89.8 Å². The maximum absolute atomic E-state index is 11.3. The fourth-order valence-electron chi connectivity index (χ4n) is 1.77. The van der Waals surface area contributed by atoms with Gasteiger partial charge in [-0.3, -0.25) is 4.55 Å². The summed E-state index contributed by atoms with van der Waals surface area (Å²) in [6.07, 6.45) is 9.66. The van der Waals surface area contributed by atoms with Crippen LogP contribution in [0.3, 0.4) is 0 Å². The summed E-state index contributed by atoms with van der Waals surface area (Å²) in [6, 6.07) is 0. The average Bonchev–Trinajstić information content (AvgIpc) is 2.31. The Bertz CT molecular complexity index is 344. The van der Waals surface area contributed by atoms with Crippen LogP contribution in [0.25, 0.3) is 0 Å². The molecule has 0 unspecified atom stereocenters. The molecule has 0 aromatic carbocycles. The van der Waals surface area contributed by atoms with Crippen LogP contribution in [-0.4, -0.2) is 31.2 Å². The van der Waals surface area contributed by atoms with Gasteiger partial charge in [0.2, 0.25) is 0 Å². The van der Waals surface area contributed by atoms with Crippen LogP contribution < -0.4 is 56.5 Å². The van der Waals surface area contributed by atoms with Crippen LogP contribution in [0.1, 0.15) is 64.7 Å². The molecule has 0 saturated carbocycles. The second-order valence-corrected chi connectivity index (χ2v) is 6.36. The molecule has 0 amide bonds. The zero-order valence-electron chi connectivity index (χ0n) is 12.8. The van der Waals surface area contributed by atoms with Gasteiger partial charge in [0.15, 0.2) is 0 Å². The van der Waals surface area contributed by atoms with Crippen molar-refractivity contribution < 1.29 is 69.5 Å². The Labute approximate surface area is 165 Å². The minimum absolute atomic E-state index is 0. The first-order chi connectivity index (χ1) is 8.95. The molecule has 0 aromatic rings. The van der Waals surface area contributed by atoms with Crippen molar-refractivity contribution in [1.29, 1.82) is 0 Å². The molecule has 114 valence electrons.